The van der Waals surface area contributed by atoms with Crippen molar-refractivity contribution in [2.75, 3.05) is 16.8 Å². The second-order valence-corrected chi connectivity index (χ2v) is 7.49. The lowest BCUT2D eigenvalue weighted by atomic mass is 9.95. The number of halogens is 1. The normalized spacial score (nSPS) is 16.8. The van der Waals surface area contributed by atoms with Crippen molar-refractivity contribution >= 4 is 23.3 Å². The van der Waals surface area contributed by atoms with Gasteiger partial charge in [-0.2, -0.15) is 0 Å². The van der Waals surface area contributed by atoms with Crippen molar-refractivity contribution in [1.82, 2.24) is 10.3 Å². The number of urea groups is 1. The first-order valence-electron chi connectivity index (χ1n) is 9.75. The molecule has 3 heterocycles. The second-order valence-electron chi connectivity index (χ2n) is 7.49. The van der Waals surface area contributed by atoms with E-state index in [0.717, 1.165) is 16.7 Å². The van der Waals surface area contributed by atoms with E-state index in [4.69, 9.17) is 0 Å². The summed E-state index contributed by atoms with van der Waals surface area (Å²) < 4.78 is 13.7. The highest BCUT2D eigenvalue weighted by Crippen LogP contribution is 2.37. The number of nitrogens with zero attached hydrogens (tertiary/aromatic N) is 2. The van der Waals surface area contributed by atoms with Crippen LogP contribution in [0.1, 0.15) is 38.8 Å². The summed E-state index contributed by atoms with van der Waals surface area (Å²) in [5.41, 5.74) is 4.94. The van der Waals surface area contributed by atoms with E-state index in [0.29, 0.717) is 35.6 Å². The molecule has 2 aliphatic heterocycles. The first-order chi connectivity index (χ1) is 14.5. The van der Waals surface area contributed by atoms with E-state index in [1.807, 2.05) is 31.2 Å². The average molecular weight is 402 g/mol. The Morgan fingerprint density at radius 3 is 2.90 bits per heavy atom. The molecular formula is C23H19FN4O2. The van der Waals surface area contributed by atoms with Crippen LogP contribution in [0.25, 0.3) is 0 Å². The van der Waals surface area contributed by atoms with E-state index in [2.05, 4.69) is 15.6 Å². The molecule has 150 valence electrons. The minimum Gasteiger partial charge on any atom is -0.340 e. The van der Waals surface area contributed by atoms with Crippen LogP contribution < -0.4 is 15.5 Å². The molecule has 2 N–H and O–H groups in total. The van der Waals surface area contributed by atoms with Crippen LogP contribution in [0.2, 0.25) is 0 Å². The van der Waals surface area contributed by atoms with Gasteiger partial charge in [0.15, 0.2) is 0 Å². The summed E-state index contributed by atoms with van der Waals surface area (Å²) in [6.07, 6.45) is 2.18. The summed E-state index contributed by atoms with van der Waals surface area (Å²) in [6, 6.07) is 13.2. The maximum Gasteiger partial charge on any atom is 0.326 e. The van der Waals surface area contributed by atoms with Gasteiger partial charge in [0.25, 0.3) is 5.91 Å². The van der Waals surface area contributed by atoms with Crippen LogP contribution in [0.5, 0.6) is 0 Å². The third kappa shape index (κ3) is 2.90. The SMILES string of the molecule is Cc1ccccc1[C@H]1NC(=O)c2nccc(NC(=O)N3CCc4ccc(F)cc43)c21. The quantitative estimate of drug-likeness (QED) is 0.682. The van der Waals surface area contributed by atoms with Gasteiger partial charge >= 0.3 is 6.03 Å². The molecule has 1 aromatic heterocycles. The number of carbonyl (C=O) groups excluding carboxylic acids is 2. The minimum atomic E-state index is -0.402. The highest BCUT2D eigenvalue weighted by molar-refractivity contribution is 6.06. The number of pyridine rings is 1. The Balaban J connectivity index is 1.51. The van der Waals surface area contributed by atoms with E-state index in [9.17, 15) is 14.0 Å². The van der Waals surface area contributed by atoms with Crippen LogP contribution in [0.4, 0.5) is 20.6 Å². The molecule has 7 heteroatoms. The number of anilines is 2. The van der Waals surface area contributed by atoms with Crippen molar-refractivity contribution in [3.05, 3.63) is 88.5 Å². The molecule has 0 unspecified atom stereocenters. The zero-order chi connectivity index (χ0) is 20.8. The molecule has 30 heavy (non-hydrogen) atoms. The summed E-state index contributed by atoms with van der Waals surface area (Å²) in [5, 5.41) is 5.88. The first kappa shape index (κ1) is 18.3. The Morgan fingerprint density at radius 2 is 2.07 bits per heavy atom. The number of hydrogen-bond acceptors (Lipinski definition) is 3. The van der Waals surface area contributed by atoms with Gasteiger partial charge in [0, 0.05) is 18.3 Å². The van der Waals surface area contributed by atoms with Gasteiger partial charge in [-0.05, 0) is 48.2 Å². The Morgan fingerprint density at radius 1 is 1.23 bits per heavy atom. The third-order valence-corrected chi connectivity index (χ3v) is 5.70. The summed E-state index contributed by atoms with van der Waals surface area (Å²) >= 11 is 0. The van der Waals surface area contributed by atoms with Crippen molar-refractivity contribution in [2.45, 2.75) is 19.4 Å². The lowest BCUT2D eigenvalue weighted by Gasteiger charge is -2.21. The van der Waals surface area contributed by atoms with Crippen molar-refractivity contribution in [3.63, 3.8) is 0 Å². The molecule has 2 aromatic carbocycles. The number of benzene rings is 2. The highest BCUT2D eigenvalue weighted by Gasteiger charge is 2.35. The standard InChI is InChI=1S/C23H19FN4O2/c1-13-4-2-3-5-16(13)20-19-17(8-10-25-21(19)22(29)27-20)26-23(30)28-11-9-14-6-7-15(24)12-18(14)28/h2-8,10,12,20H,9,11H2,1H3,(H,27,29)(H,25,26,30)/t20-/m1/s1. The highest BCUT2D eigenvalue weighted by atomic mass is 19.1. The molecule has 2 aliphatic rings. The first-order valence-corrected chi connectivity index (χ1v) is 9.75. The van der Waals surface area contributed by atoms with Crippen LogP contribution in [-0.2, 0) is 6.42 Å². The van der Waals surface area contributed by atoms with E-state index < -0.39 is 6.04 Å². The van der Waals surface area contributed by atoms with Gasteiger partial charge in [-0.15, -0.1) is 0 Å². The maximum absolute atomic E-state index is 13.7. The fourth-order valence-corrected chi connectivity index (χ4v) is 4.22. The summed E-state index contributed by atoms with van der Waals surface area (Å²) in [5.74, 6) is -0.657. The molecule has 5 rings (SSSR count). The maximum atomic E-state index is 13.7. The van der Waals surface area contributed by atoms with Gasteiger partial charge < -0.3 is 10.6 Å². The third-order valence-electron chi connectivity index (χ3n) is 5.70. The van der Waals surface area contributed by atoms with Crippen molar-refractivity contribution < 1.29 is 14.0 Å². The average Bonchev–Trinajstić information content (AvgIpc) is 3.30. The second kappa shape index (κ2) is 6.95. The molecule has 0 spiro atoms. The Bertz CT molecular complexity index is 1190. The molecule has 0 saturated carbocycles. The molecule has 3 amide bonds. The monoisotopic (exact) mass is 402 g/mol. The van der Waals surface area contributed by atoms with Crippen LogP contribution in [0, 0.1) is 12.7 Å². The van der Waals surface area contributed by atoms with Gasteiger partial charge in [-0.1, -0.05) is 30.3 Å². The van der Waals surface area contributed by atoms with Crippen molar-refractivity contribution in [3.8, 4) is 0 Å². The molecule has 0 saturated heterocycles. The van der Waals surface area contributed by atoms with Gasteiger partial charge in [-0.25, -0.2) is 9.18 Å². The lowest BCUT2D eigenvalue weighted by molar-refractivity contribution is 0.0956. The summed E-state index contributed by atoms with van der Waals surface area (Å²) in [7, 11) is 0. The van der Waals surface area contributed by atoms with Gasteiger partial charge in [0.05, 0.1) is 17.4 Å². The zero-order valence-electron chi connectivity index (χ0n) is 16.3. The smallest absolute Gasteiger partial charge is 0.326 e. The number of rotatable bonds is 2. The molecule has 6 nitrogen and oxygen atoms in total. The lowest BCUT2D eigenvalue weighted by Crippen LogP contribution is -2.34. The zero-order valence-corrected chi connectivity index (χ0v) is 16.3. The predicted molar refractivity (Wildman–Crippen MR) is 111 cm³/mol. The number of amides is 3. The number of hydrogen-bond donors (Lipinski definition) is 2. The van der Waals surface area contributed by atoms with Crippen molar-refractivity contribution in [1.29, 1.82) is 0 Å². The molecule has 3 aromatic rings. The van der Waals surface area contributed by atoms with E-state index in [-0.39, 0.29) is 17.8 Å². The number of aromatic nitrogens is 1. The Hall–Kier alpha value is -3.74. The van der Waals surface area contributed by atoms with Crippen LogP contribution in [0.3, 0.4) is 0 Å². The van der Waals surface area contributed by atoms with E-state index in [1.54, 1.807) is 12.1 Å². The van der Waals surface area contributed by atoms with Gasteiger partial charge in [0.1, 0.15) is 11.5 Å². The van der Waals surface area contributed by atoms with Crippen LogP contribution in [0.15, 0.2) is 54.7 Å². The van der Waals surface area contributed by atoms with Gasteiger partial charge in [-0.3, -0.25) is 14.7 Å². The van der Waals surface area contributed by atoms with Crippen LogP contribution >= 0.6 is 0 Å². The fourth-order valence-electron chi connectivity index (χ4n) is 4.22. The Labute approximate surface area is 172 Å². The van der Waals surface area contributed by atoms with Crippen LogP contribution in [-0.4, -0.2) is 23.5 Å². The summed E-state index contributed by atoms with van der Waals surface area (Å²) in [4.78, 5) is 31.3. The number of carbonyl (C=O) groups is 2. The largest absolute Gasteiger partial charge is 0.340 e. The minimum absolute atomic E-state index is 0.275. The number of fused-ring (bicyclic) bond motifs is 2. The summed E-state index contributed by atoms with van der Waals surface area (Å²) in [6.45, 7) is 2.44. The fraction of sp³-hybridized carbons (Fsp3) is 0.174. The molecular weight excluding hydrogens is 383 g/mol. The number of nitrogens with one attached hydrogen (secondary N) is 2. The number of aryl methyl sites for hydroxylation is 1. The van der Waals surface area contributed by atoms with Gasteiger partial charge in [0.2, 0.25) is 0 Å². The molecule has 0 fully saturated rings. The molecule has 0 aliphatic carbocycles. The van der Waals surface area contributed by atoms with Crippen molar-refractivity contribution in [2.24, 2.45) is 0 Å². The van der Waals surface area contributed by atoms with E-state index >= 15 is 0 Å². The van der Waals surface area contributed by atoms with E-state index in [1.165, 1.54) is 23.2 Å². The topological polar surface area (TPSA) is 74.3 Å². The molecule has 0 bridgehead atoms. The predicted octanol–water partition coefficient (Wildman–Crippen LogP) is 3.96. The Kier molecular flexibility index (Phi) is 4.24. The molecule has 0 radical (unpaired) electrons. The molecule has 1 atom stereocenters.